The molecule has 0 atom stereocenters. The van der Waals surface area contributed by atoms with E-state index < -0.39 is 0 Å². The number of nitrogens with one attached hydrogen (secondary N) is 1. The summed E-state index contributed by atoms with van der Waals surface area (Å²) in [6.07, 6.45) is 0. The number of rotatable bonds is 2. The van der Waals surface area contributed by atoms with Crippen molar-refractivity contribution >= 4 is 39.8 Å². The zero-order valence-corrected chi connectivity index (χ0v) is 11.8. The number of nitrogens with zero attached hydrogens (tertiary/aromatic N) is 2. The summed E-state index contributed by atoms with van der Waals surface area (Å²) in [6, 6.07) is 6.12. The van der Waals surface area contributed by atoms with Gasteiger partial charge in [-0.15, -0.1) is 12.4 Å². The number of methoxy groups -OCH3 is 1. The Morgan fingerprint density at radius 3 is 2.83 bits per heavy atom. The van der Waals surface area contributed by atoms with Crippen LogP contribution in [0.15, 0.2) is 18.2 Å². The van der Waals surface area contributed by atoms with E-state index in [0.717, 1.165) is 43.1 Å². The minimum absolute atomic E-state index is 0. The Morgan fingerprint density at radius 1 is 1.33 bits per heavy atom. The fraction of sp³-hybridized carbons (Fsp3) is 0.417. The lowest BCUT2D eigenvalue weighted by Crippen LogP contribution is -2.43. The smallest absolute Gasteiger partial charge is 0.154 e. The average molecular weight is 286 g/mol. The van der Waals surface area contributed by atoms with E-state index in [1.807, 2.05) is 12.1 Å². The van der Waals surface area contributed by atoms with Gasteiger partial charge in [0.15, 0.2) is 5.82 Å². The van der Waals surface area contributed by atoms with Gasteiger partial charge in [-0.3, -0.25) is 0 Å². The standard InChI is InChI=1S/C12H15N3OS.ClH/c1-16-9-3-2-4-10-11(9)12(14-17-10)15-7-5-13-6-8-15;/h2-4,13H,5-8H2,1H3;1H. The number of piperazine rings is 1. The molecule has 1 fully saturated rings. The molecular formula is C12H16ClN3OS. The van der Waals surface area contributed by atoms with E-state index in [-0.39, 0.29) is 12.4 Å². The fourth-order valence-electron chi connectivity index (χ4n) is 2.21. The highest BCUT2D eigenvalue weighted by Gasteiger charge is 2.18. The van der Waals surface area contributed by atoms with Gasteiger partial charge in [0.25, 0.3) is 0 Å². The Balaban J connectivity index is 0.00000120. The van der Waals surface area contributed by atoms with E-state index in [9.17, 15) is 0 Å². The third kappa shape index (κ3) is 2.25. The number of hydrogen-bond donors (Lipinski definition) is 1. The third-order valence-electron chi connectivity index (χ3n) is 3.08. The number of hydrogen-bond acceptors (Lipinski definition) is 5. The second-order valence-corrected chi connectivity index (χ2v) is 4.88. The molecule has 1 saturated heterocycles. The quantitative estimate of drug-likeness (QED) is 0.917. The predicted octanol–water partition coefficient (Wildman–Crippen LogP) is 2.14. The zero-order valence-electron chi connectivity index (χ0n) is 10.2. The molecular weight excluding hydrogens is 270 g/mol. The van der Waals surface area contributed by atoms with Gasteiger partial charge in [-0.25, -0.2) is 0 Å². The highest BCUT2D eigenvalue weighted by Crippen LogP contribution is 2.36. The number of benzene rings is 1. The summed E-state index contributed by atoms with van der Waals surface area (Å²) in [6.45, 7) is 4.07. The number of halogens is 1. The van der Waals surface area contributed by atoms with Crippen LogP contribution in [0.2, 0.25) is 0 Å². The summed E-state index contributed by atoms with van der Waals surface area (Å²) < 4.78 is 11.2. The van der Waals surface area contributed by atoms with E-state index >= 15 is 0 Å². The van der Waals surface area contributed by atoms with Crippen molar-refractivity contribution < 1.29 is 4.74 Å². The maximum atomic E-state index is 5.44. The van der Waals surface area contributed by atoms with Gasteiger partial charge in [0.1, 0.15) is 5.75 Å². The summed E-state index contributed by atoms with van der Waals surface area (Å²) in [5.41, 5.74) is 0. The SMILES string of the molecule is COc1cccc2snc(N3CCNCC3)c12.Cl. The molecule has 1 aromatic heterocycles. The molecule has 6 heteroatoms. The number of anilines is 1. The molecule has 4 nitrogen and oxygen atoms in total. The Kier molecular flexibility index (Phi) is 4.27. The number of fused-ring (bicyclic) bond motifs is 1. The Morgan fingerprint density at radius 2 is 2.11 bits per heavy atom. The molecule has 0 spiro atoms. The van der Waals surface area contributed by atoms with Gasteiger partial charge in [0, 0.05) is 26.2 Å². The Bertz CT molecular complexity index is 525. The van der Waals surface area contributed by atoms with Gasteiger partial charge in [-0.05, 0) is 23.7 Å². The first kappa shape index (κ1) is 13.4. The van der Waals surface area contributed by atoms with Crippen molar-refractivity contribution in [3.8, 4) is 5.75 Å². The molecule has 2 aromatic rings. The lowest BCUT2D eigenvalue weighted by molar-refractivity contribution is 0.420. The summed E-state index contributed by atoms with van der Waals surface area (Å²) in [4.78, 5) is 2.33. The van der Waals surface area contributed by atoms with Gasteiger partial charge < -0.3 is 15.0 Å². The van der Waals surface area contributed by atoms with E-state index in [4.69, 9.17) is 4.74 Å². The maximum absolute atomic E-state index is 5.44. The summed E-state index contributed by atoms with van der Waals surface area (Å²) >= 11 is 1.55. The molecule has 1 aliphatic heterocycles. The van der Waals surface area contributed by atoms with Gasteiger partial charge in [0.2, 0.25) is 0 Å². The molecule has 98 valence electrons. The van der Waals surface area contributed by atoms with Crippen LogP contribution in [0, 0.1) is 0 Å². The summed E-state index contributed by atoms with van der Waals surface area (Å²) in [7, 11) is 1.72. The topological polar surface area (TPSA) is 37.4 Å². The van der Waals surface area contributed by atoms with Gasteiger partial charge in [0.05, 0.1) is 17.2 Å². The second-order valence-electron chi connectivity index (χ2n) is 4.08. The highest BCUT2D eigenvalue weighted by molar-refractivity contribution is 7.13. The molecule has 3 rings (SSSR count). The molecule has 0 saturated carbocycles. The molecule has 1 N–H and O–H groups in total. The van der Waals surface area contributed by atoms with Crippen LogP contribution < -0.4 is 15.0 Å². The number of aromatic nitrogens is 1. The van der Waals surface area contributed by atoms with Crippen LogP contribution in [0.5, 0.6) is 5.75 Å². The second kappa shape index (κ2) is 5.73. The largest absolute Gasteiger partial charge is 0.496 e. The summed E-state index contributed by atoms with van der Waals surface area (Å²) in [5, 5.41) is 4.51. The fourth-order valence-corrected chi connectivity index (χ4v) is 3.02. The van der Waals surface area contributed by atoms with Crippen LogP contribution >= 0.6 is 23.9 Å². The van der Waals surface area contributed by atoms with Gasteiger partial charge in [-0.1, -0.05) is 6.07 Å². The van der Waals surface area contributed by atoms with Crippen LogP contribution in [-0.2, 0) is 0 Å². The van der Waals surface area contributed by atoms with Crippen molar-refractivity contribution in [3.63, 3.8) is 0 Å². The van der Waals surface area contributed by atoms with Crippen molar-refractivity contribution in [1.29, 1.82) is 0 Å². The minimum atomic E-state index is 0. The van der Waals surface area contributed by atoms with Gasteiger partial charge in [-0.2, -0.15) is 4.37 Å². The monoisotopic (exact) mass is 285 g/mol. The van der Waals surface area contributed by atoms with Crippen molar-refractivity contribution in [3.05, 3.63) is 18.2 Å². The highest BCUT2D eigenvalue weighted by atomic mass is 35.5. The van der Waals surface area contributed by atoms with Crippen LogP contribution in [-0.4, -0.2) is 37.7 Å². The summed E-state index contributed by atoms with van der Waals surface area (Å²) in [5.74, 6) is 1.99. The Hall–Kier alpha value is -1.04. The van der Waals surface area contributed by atoms with Crippen LogP contribution in [0.1, 0.15) is 0 Å². The normalized spacial score (nSPS) is 15.5. The Labute approximate surface area is 117 Å². The van der Waals surface area contributed by atoms with E-state index in [1.54, 1.807) is 18.6 Å². The lowest BCUT2D eigenvalue weighted by Gasteiger charge is -2.27. The van der Waals surface area contributed by atoms with Crippen molar-refractivity contribution in [2.45, 2.75) is 0 Å². The van der Waals surface area contributed by atoms with Crippen LogP contribution in [0.4, 0.5) is 5.82 Å². The molecule has 0 bridgehead atoms. The third-order valence-corrected chi connectivity index (χ3v) is 3.88. The van der Waals surface area contributed by atoms with Crippen LogP contribution in [0.3, 0.4) is 0 Å². The lowest BCUT2D eigenvalue weighted by atomic mass is 10.2. The maximum Gasteiger partial charge on any atom is 0.154 e. The van der Waals surface area contributed by atoms with Crippen LogP contribution in [0.25, 0.3) is 10.1 Å². The molecule has 0 unspecified atom stereocenters. The van der Waals surface area contributed by atoms with Crippen molar-refractivity contribution in [2.75, 3.05) is 38.2 Å². The average Bonchev–Trinajstić information content (AvgIpc) is 2.83. The van der Waals surface area contributed by atoms with E-state index in [2.05, 4.69) is 20.7 Å². The molecule has 18 heavy (non-hydrogen) atoms. The molecule has 0 radical (unpaired) electrons. The molecule has 0 amide bonds. The van der Waals surface area contributed by atoms with E-state index in [1.165, 1.54) is 4.70 Å². The predicted molar refractivity (Wildman–Crippen MR) is 78.5 cm³/mol. The molecule has 2 heterocycles. The first-order chi connectivity index (χ1) is 8.40. The first-order valence-corrected chi connectivity index (χ1v) is 6.55. The minimum Gasteiger partial charge on any atom is -0.496 e. The van der Waals surface area contributed by atoms with E-state index in [0.29, 0.717) is 0 Å². The first-order valence-electron chi connectivity index (χ1n) is 5.78. The van der Waals surface area contributed by atoms with Crippen molar-refractivity contribution in [2.24, 2.45) is 0 Å². The zero-order chi connectivity index (χ0) is 11.7. The molecule has 1 aliphatic rings. The van der Waals surface area contributed by atoms with Gasteiger partial charge >= 0.3 is 0 Å². The molecule has 1 aromatic carbocycles. The molecule has 0 aliphatic carbocycles. The number of ether oxygens (including phenoxy) is 1. The van der Waals surface area contributed by atoms with Crippen molar-refractivity contribution in [1.82, 2.24) is 9.69 Å².